The normalized spacial score (nSPS) is 47.3. The molecular formula is C25H28O7S. The fraction of sp³-hybridized carbons (Fsp3) is 0.640. The first-order valence-electron chi connectivity index (χ1n) is 11.6. The van der Waals surface area contributed by atoms with E-state index in [4.69, 9.17) is 9.47 Å². The quantitative estimate of drug-likeness (QED) is 0.503. The molecule has 3 heterocycles. The highest BCUT2D eigenvalue weighted by molar-refractivity contribution is 7.11. The molecule has 8 atom stereocenters. The van der Waals surface area contributed by atoms with Crippen LogP contribution in [0.25, 0.3) is 0 Å². The van der Waals surface area contributed by atoms with Gasteiger partial charge in [-0.15, -0.1) is 11.3 Å². The average Bonchev–Trinajstić information content (AvgIpc) is 3.35. The fourth-order valence-corrected chi connectivity index (χ4v) is 8.94. The average molecular weight is 473 g/mol. The highest BCUT2D eigenvalue weighted by atomic mass is 32.1. The van der Waals surface area contributed by atoms with Crippen molar-refractivity contribution in [3.63, 3.8) is 0 Å². The maximum Gasteiger partial charge on any atom is 0.348 e. The summed E-state index contributed by atoms with van der Waals surface area (Å²) in [6, 6.07) is 3.37. The molecule has 7 nitrogen and oxygen atoms in total. The summed E-state index contributed by atoms with van der Waals surface area (Å²) in [5, 5.41) is 25.5. The molecule has 0 radical (unpaired) electrons. The molecule has 0 unspecified atom stereocenters. The number of thiophene rings is 1. The molecule has 2 spiro atoms. The second-order valence-corrected chi connectivity index (χ2v) is 12.1. The van der Waals surface area contributed by atoms with Gasteiger partial charge in [0.1, 0.15) is 28.3 Å². The first-order chi connectivity index (χ1) is 15.5. The van der Waals surface area contributed by atoms with Crippen LogP contribution >= 0.6 is 11.3 Å². The van der Waals surface area contributed by atoms with Crippen LogP contribution in [0.5, 0.6) is 0 Å². The minimum atomic E-state index is -2.27. The Bertz CT molecular complexity index is 1090. The number of carbonyl (C=O) groups is 3. The number of rotatable bonds is 2. The number of esters is 1. The number of Topliss-reactive ketones (excluding diaryl/α,β-unsaturated/α-hetero) is 2. The number of aliphatic hydroxyl groups is 2. The van der Waals surface area contributed by atoms with Gasteiger partial charge in [-0.3, -0.25) is 9.59 Å². The minimum absolute atomic E-state index is 0.0379. The Labute approximate surface area is 195 Å². The van der Waals surface area contributed by atoms with E-state index >= 15 is 0 Å². The molecule has 6 fully saturated rings. The van der Waals surface area contributed by atoms with E-state index in [0.717, 1.165) is 0 Å². The number of carbonyl (C=O) groups excluding carboxylic acids is 3. The maximum absolute atomic E-state index is 14.0. The van der Waals surface area contributed by atoms with Gasteiger partial charge in [-0.2, -0.15) is 0 Å². The van der Waals surface area contributed by atoms with Crippen LogP contribution in [0.1, 0.15) is 49.2 Å². The number of hydrogen-bond donors (Lipinski definition) is 2. The van der Waals surface area contributed by atoms with E-state index in [2.05, 4.69) is 6.58 Å². The molecule has 8 heteroatoms. The molecule has 2 aliphatic heterocycles. The van der Waals surface area contributed by atoms with E-state index in [1.807, 2.05) is 13.8 Å². The van der Waals surface area contributed by atoms with Gasteiger partial charge in [-0.05, 0) is 47.6 Å². The largest absolute Gasteiger partial charge is 0.456 e. The van der Waals surface area contributed by atoms with Gasteiger partial charge in [0.25, 0.3) is 0 Å². The number of hydrogen-bond acceptors (Lipinski definition) is 8. The molecular weight excluding hydrogens is 444 g/mol. The Hall–Kier alpha value is -1.87. The molecule has 2 N–H and O–H groups in total. The van der Waals surface area contributed by atoms with Gasteiger partial charge in [0.15, 0.2) is 5.78 Å². The monoisotopic (exact) mass is 472 g/mol. The van der Waals surface area contributed by atoms with E-state index < -0.39 is 63.7 Å². The predicted octanol–water partition coefficient (Wildman–Crippen LogP) is 2.51. The lowest BCUT2D eigenvalue weighted by Crippen LogP contribution is -2.85. The Kier molecular flexibility index (Phi) is 4.21. The van der Waals surface area contributed by atoms with Crippen molar-refractivity contribution in [2.24, 2.45) is 34.0 Å². The van der Waals surface area contributed by atoms with Gasteiger partial charge < -0.3 is 19.7 Å². The minimum Gasteiger partial charge on any atom is -0.456 e. The van der Waals surface area contributed by atoms with Crippen molar-refractivity contribution in [2.45, 2.75) is 57.5 Å². The van der Waals surface area contributed by atoms with E-state index in [1.54, 1.807) is 17.5 Å². The summed E-state index contributed by atoms with van der Waals surface area (Å²) >= 11 is 1.22. The van der Waals surface area contributed by atoms with Gasteiger partial charge >= 0.3 is 5.97 Å². The van der Waals surface area contributed by atoms with Crippen molar-refractivity contribution >= 4 is 28.9 Å². The molecule has 4 bridgehead atoms. The fourth-order valence-electron chi connectivity index (χ4n) is 8.33. The second kappa shape index (κ2) is 6.42. The number of ketones is 2. The zero-order valence-corrected chi connectivity index (χ0v) is 19.5. The van der Waals surface area contributed by atoms with E-state index in [1.165, 1.54) is 11.3 Å². The van der Waals surface area contributed by atoms with E-state index in [0.29, 0.717) is 30.6 Å². The van der Waals surface area contributed by atoms with Crippen molar-refractivity contribution in [1.82, 2.24) is 0 Å². The van der Waals surface area contributed by atoms with Crippen molar-refractivity contribution in [1.29, 1.82) is 0 Å². The lowest BCUT2D eigenvalue weighted by atomic mass is 9.36. The highest BCUT2D eigenvalue weighted by Crippen LogP contribution is 2.76. The summed E-state index contributed by atoms with van der Waals surface area (Å²) in [4.78, 5) is 41.0. The third kappa shape index (κ3) is 2.20. The van der Waals surface area contributed by atoms with E-state index in [9.17, 15) is 24.6 Å². The van der Waals surface area contributed by atoms with E-state index in [-0.39, 0.29) is 18.0 Å². The highest BCUT2D eigenvalue weighted by Gasteiger charge is 2.88. The van der Waals surface area contributed by atoms with Crippen LogP contribution in [-0.4, -0.2) is 52.4 Å². The van der Waals surface area contributed by atoms with Crippen LogP contribution in [0.15, 0.2) is 29.7 Å². The Morgan fingerprint density at radius 3 is 2.76 bits per heavy atom. The third-order valence-electron chi connectivity index (χ3n) is 9.58. The topological polar surface area (TPSA) is 110 Å². The van der Waals surface area contributed by atoms with Gasteiger partial charge in [0, 0.05) is 18.3 Å². The van der Waals surface area contributed by atoms with Crippen LogP contribution in [0.3, 0.4) is 0 Å². The summed E-state index contributed by atoms with van der Waals surface area (Å²) in [6.45, 7) is 7.96. The molecule has 176 valence electrons. The van der Waals surface area contributed by atoms with Crippen LogP contribution in [0.2, 0.25) is 0 Å². The van der Waals surface area contributed by atoms with Crippen LogP contribution < -0.4 is 0 Å². The van der Waals surface area contributed by atoms with Crippen molar-refractivity contribution in [3.8, 4) is 0 Å². The maximum atomic E-state index is 14.0. The summed E-state index contributed by atoms with van der Waals surface area (Å²) in [5.41, 5.74) is -3.04. The zero-order valence-electron chi connectivity index (χ0n) is 18.7. The molecule has 6 aliphatic rings. The lowest BCUT2D eigenvalue weighted by Gasteiger charge is -2.72. The number of fused-ring (bicyclic) bond motifs is 2. The first kappa shape index (κ1) is 21.6. The van der Waals surface area contributed by atoms with Gasteiger partial charge in [-0.25, -0.2) is 4.79 Å². The lowest BCUT2D eigenvalue weighted by molar-refractivity contribution is -0.436. The Morgan fingerprint density at radius 2 is 2.06 bits per heavy atom. The van der Waals surface area contributed by atoms with Crippen LogP contribution in [0.4, 0.5) is 0 Å². The molecule has 33 heavy (non-hydrogen) atoms. The Morgan fingerprint density at radius 1 is 1.30 bits per heavy atom. The Balaban J connectivity index is 1.57. The van der Waals surface area contributed by atoms with Crippen molar-refractivity contribution in [2.75, 3.05) is 6.61 Å². The van der Waals surface area contributed by atoms with Crippen LogP contribution in [0, 0.1) is 34.0 Å². The van der Waals surface area contributed by atoms with Gasteiger partial charge in [0.05, 0.1) is 12.0 Å². The summed E-state index contributed by atoms with van der Waals surface area (Å²) in [5.74, 6) is -5.00. The summed E-state index contributed by atoms with van der Waals surface area (Å²) < 4.78 is 11.9. The molecule has 4 saturated carbocycles. The van der Waals surface area contributed by atoms with Crippen LogP contribution in [-0.2, 0) is 19.1 Å². The van der Waals surface area contributed by atoms with Gasteiger partial charge in [-0.1, -0.05) is 26.5 Å². The van der Waals surface area contributed by atoms with Crippen molar-refractivity contribution < 1.29 is 34.1 Å². The second-order valence-electron chi connectivity index (χ2n) is 11.1. The molecule has 0 aromatic carbocycles. The zero-order chi connectivity index (χ0) is 23.6. The summed E-state index contributed by atoms with van der Waals surface area (Å²) in [6.07, 6.45) is -0.597. The number of aliphatic hydroxyl groups excluding tert-OH is 1. The first-order valence-corrected chi connectivity index (χ1v) is 12.5. The standard InChI is InChI=1S/C25H28O7S/c1-12-13-6-7-15-23-11-31-25(30,19(28)17(23)22(2,3)9-8-16(23)26)24(15,18(12)27)20(13)32-21(29)14-5-4-10-33-14/h4-5,10,13,15,17,19-20,28,30H,1,6-9,11H2,2-3H3/t13-,15-,17+,19-,20+,23+,24-,25+/m0/s1. The SMILES string of the molecule is C=C1C(=O)[C@]23[C@H](OC(=O)c4cccs4)[C@H]1CC[C@H]2[C@@]12CO[C@]3(O)[C@@H](O)[C@@H]1C(C)(C)CCC2=O. The smallest absolute Gasteiger partial charge is 0.348 e. The van der Waals surface area contributed by atoms with Gasteiger partial charge in [0.2, 0.25) is 5.79 Å². The molecule has 2 saturated heterocycles. The van der Waals surface area contributed by atoms with Crippen molar-refractivity contribution in [3.05, 3.63) is 34.5 Å². The molecule has 7 rings (SSSR count). The molecule has 4 aliphatic carbocycles. The molecule has 0 amide bonds. The predicted molar refractivity (Wildman–Crippen MR) is 117 cm³/mol. The third-order valence-corrected chi connectivity index (χ3v) is 10.4. The summed E-state index contributed by atoms with van der Waals surface area (Å²) in [7, 11) is 0. The molecule has 1 aromatic rings. The number of ether oxygens (including phenoxy) is 2. The molecule has 1 aromatic heterocycles.